The third-order valence-electron chi connectivity index (χ3n) is 4.18. The Morgan fingerprint density at radius 2 is 1.96 bits per heavy atom. The molecule has 2 aliphatic heterocycles. The monoisotopic (exact) mass is 338 g/mol. The molecule has 1 N–H and O–H groups in total. The van der Waals surface area contributed by atoms with Crippen LogP contribution in [0.1, 0.15) is 5.56 Å². The summed E-state index contributed by atoms with van der Waals surface area (Å²) in [6.45, 7) is 0.769. The molecular formula is C16H23BO7. The van der Waals surface area contributed by atoms with Gasteiger partial charge in [0.25, 0.3) is 0 Å². The number of ether oxygens (including phenoxy) is 5. The molecule has 0 saturated carbocycles. The summed E-state index contributed by atoms with van der Waals surface area (Å²) in [5, 5.41) is 9.91. The van der Waals surface area contributed by atoms with Crippen molar-refractivity contribution in [2.45, 2.75) is 43.8 Å². The predicted octanol–water partition coefficient (Wildman–Crippen LogP) is 0.811. The highest BCUT2D eigenvalue weighted by molar-refractivity contribution is 6.43. The number of rotatable bonds is 7. The summed E-state index contributed by atoms with van der Waals surface area (Å²) in [6, 6.07) is 9.87. The lowest BCUT2D eigenvalue weighted by Crippen LogP contribution is -2.50. The molecule has 3 rings (SSSR count). The minimum atomic E-state index is -0.900. The van der Waals surface area contributed by atoms with E-state index in [4.69, 9.17) is 28.3 Å². The van der Waals surface area contributed by atoms with Crippen molar-refractivity contribution in [2.24, 2.45) is 0 Å². The quantitative estimate of drug-likeness (QED) is 0.582. The first kappa shape index (κ1) is 17.8. The van der Waals surface area contributed by atoms with Gasteiger partial charge in [-0.05, 0) is 5.56 Å². The molecule has 4 atom stereocenters. The topological polar surface area (TPSA) is 75.6 Å². The second-order valence-electron chi connectivity index (χ2n) is 5.85. The second-order valence-corrected chi connectivity index (χ2v) is 5.85. The molecule has 2 fully saturated rings. The van der Waals surface area contributed by atoms with Crippen LogP contribution in [0, 0.1) is 0 Å². The summed E-state index contributed by atoms with van der Waals surface area (Å²) in [6.07, 6.45) is -1.96. The molecule has 0 aliphatic carbocycles. The maximum Gasteiger partial charge on any atom is 0.457 e. The standard InChI is InChI=1S/C16H23BO7/c1-19-15(20-2)16-22-12-8-17(18)24-13(14(12)23-16)10-21-9-11-6-4-3-5-7-11/h3-7,12-16,18H,8-10H2,1-2H3/t12-,13-,14-,16?/m0/s1. The lowest BCUT2D eigenvalue weighted by molar-refractivity contribution is -0.240. The van der Waals surface area contributed by atoms with E-state index in [0.29, 0.717) is 19.5 Å². The molecule has 0 radical (unpaired) electrons. The fraction of sp³-hybridized carbons (Fsp3) is 0.625. The number of hydrogen-bond donors (Lipinski definition) is 1. The van der Waals surface area contributed by atoms with Gasteiger partial charge in [-0.2, -0.15) is 0 Å². The van der Waals surface area contributed by atoms with Crippen LogP contribution in [-0.4, -0.2) is 63.9 Å². The van der Waals surface area contributed by atoms with Crippen molar-refractivity contribution in [1.82, 2.24) is 0 Å². The lowest BCUT2D eigenvalue weighted by Gasteiger charge is -2.32. The van der Waals surface area contributed by atoms with Gasteiger partial charge in [-0.15, -0.1) is 0 Å². The van der Waals surface area contributed by atoms with Gasteiger partial charge in [0.15, 0.2) is 0 Å². The van der Waals surface area contributed by atoms with E-state index in [1.54, 1.807) is 0 Å². The Kier molecular flexibility index (Phi) is 6.23. The highest BCUT2D eigenvalue weighted by Gasteiger charge is 2.50. The van der Waals surface area contributed by atoms with Crippen molar-refractivity contribution >= 4 is 7.12 Å². The van der Waals surface area contributed by atoms with Crippen LogP contribution < -0.4 is 0 Å². The van der Waals surface area contributed by atoms with Crippen LogP contribution in [0.2, 0.25) is 6.32 Å². The molecular weight excluding hydrogens is 315 g/mol. The SMILES string of the molecule is COC(OC)C1O[C@@H]2[C@H](COCc3ccccc3)OB(O)C[C@@H]2O1. The van der Waals surface area contributed by atoms with Crippen molar-refractivity contribution in [3.63, 3.8) is 0 Å². The van der Waals surface area contributed by atoms with Crippen molar-refractivity contribution in [3.8, 4) is 0 Å². The molecule has 1 aromatic carbocycles. The van der Waals surface area contributed by atoms with Gasteiger partial charge >= 0.3 is 7.12 Å². The smallest absolute Gasteiger partial charge is 0.427 e. The van der Waals surface area contributed by atoms with Gasteiger partial charge in [0, 0.05) is 20.5 Å². The average molecular weight is 338 g/mol. The number of fused-ring (bicyclic) bond motifs is 1. The molecule has 0 spiro atoms. The maximum atomic E-state index is 9.91. The Morgan fingerprint density at radius 1 is 1.21 bits per heavy atom. The number of benzene rings is 1. The zero-order chi connectivity index (χ0) is 16.9. The molecule has 7 nitrogen and oxygen atoms in total. The van der Waals surface area contributed by atoms with Crippen LogP contribution in [-0.2, 0) is 34.9 Å². The van der Waals surface area contributed by atoms with Gasteiger partial charge in [-0.25, -0.2) is 0 Å². The normalized spacial score (nSPS) is 29.9. The van der Waals surface area contributed by atoms with E-state index in [9.17, 15) is 5.02 Å². The first-order chi connectivity index (χ1) is 11.7. The Hall–Kier alpha value is -0.995. The van der Waals surface area contributed by atoms with E-state index >= 15 is 0 Å². The minimum Gasteiger partial charge on any atom is -0.427 e. The highest BCUT2D eigenvalue weighted by atomic mass is 16.8. The molecule has 1 aromatic rings. The van der Waals surface area contributed by atoms with Gasteiger partial charge in [0.2, 0.25) is 12.6 Å². The van der Waals surface area contributed by atoms with Gasteiger partial charge in [-0.3, -0.25) is 0 Å². The largest absolute Gasteiger partial charge is 0.457 e. The fourth-order valence-electron chi connectivity index (χ4n) is 3.02. The van der Waals surface area contributed by atoms with E-state index in [0.717, 1.165) is 5.56 Å². The van der Waals surface area contributed by atoms with Crippen LogP contribution in [0.3, 0.4) is 0 Å². The van der Waals surface area contributed by atoms with E-state index in [2.05, 4.69) is 0 Å². The van der Waals surface area contributed by atoms with E-state index in [1.165, 1.54) is 14.2 Å². The molecule has 0 amide bonds. The van der Waals surface area contributed by atoms with Gasteiger partial charge in [0.05, 0.1) is 25.4 Å². The molecule has 8 heteroatoms. The minimum absolute atomic E-state index is 0.281. The molecule has 2 aliphatic rings. The van der Waals surface area contributed by atoms with Crippen LogP contribution in [0.15, 0.2) is 30.3 Å². The van der Waals surface area contributed by atoms with Crippen molar-refractivity contribution in [3.05, 3.63) is 35.9 Å². The second kappa shape index (κ2) is 8.40. The number of methoxy groups -OCH3 is 2. The molecule has 132 valence electrons. The predicted molar refractivity (Wildman–Crippen MR) is 85.1 cm³/mol. The Bertz CT molecular complexity index is 498. The number of hydrogen-bond acceptors (Lipinski definition) is 7. The summed E-state index contributed by atoms with van der Waals surface area (Å²) < 4.78 is 33.4. The molecule has 2 heterocycles. The first-order valence-electron chi connectivity index (χ1n) is 8.03. The first-order valence-corrected chi connectivity index (χ1v) is 8.03. The lowest BCUT2D eigenvalue weighted by atomic mass is 9.76. The molecule has 0 bridgehead atoms. The van der Waals surface area contributed by atoms with Crippen molar-refractivity contribution in [2.75, 3.05) is 20.8 Å². The molecule has 0 aromatic heterocycles. The van der Waals surface area contributed by atoms with Gasteiger partial charge in [0.1, 0.15) is 6.10 Å². The van der Waals surface area contributed by atoms with Gasteiger partial charge < -0.3 is 33.4 Å². The summed E-state index contributed by atoms with van der Waals surface area (Å²) in [5.74, 6) is 0. The molecule has 1 unspecified atom stereocenters. The summed E-state index contributed by atoms with van der Waals surface area (Å²) in [4.78, 5) is 0. The van der Waals surface area contributed by atoms with Crippen LogP contribution in [0.4, 0.5) is 0 Å². The Balaban J connectivity index is 1.56. The summed E-state index contributed by atoms with van der Waals surface area (Å²) in [7, 11) is 2.14. The summed E-state index contributed by atoms with van der Waals surface area (Å²) in [5.41, 5.74) is 1.07. The highest BCUT2D eigenvalue weighted by Crippen LogP contribution is 2.33. The third kappa shape index (κ3) is 4.15. The van der Waals surface area contributed by atoms with E-state index in [1.807, 2.05) is 30.3 Å². The zero-order valence-corrected chi connectivity index (χ0v) is 13.9. The van der Waals surface area contributed by atoms with E-state index < -0.39 is 25.8 Å². The zero-order valence-electron chi connectivity index (χ0n) is 13.9. The van der Waals surface area contributed by atoms with E-state index in [-0.39, 0.29) is 12.2 Å². The van der Waals surface area contributed by atoms with Crippen molar-refractivity contribution in [1.29, 1.82) is 0 Å². The maximum absolute atomic E-state index is 9.91. The Labute approximate surface area is 141 Å². The van der Waals surface area contributed by atoms with Crippen LogP contribution in [0.5, 0.6) is 0 Å². The summed E-state index contributed by atoms with van der Waals surface area (Å²) >= 11 is 0. The van der Waals surface area contributed by atoms with Gasteiger partial charge in [-0.1, -0.05) is 30.3 Å². The van der Waals surface area contributed by atoms with Crippen LogP contribution >= 0.6 is 0 Å². The van der Waals surface area contributed by atoms with Crippen molar-refractivity contribution < 1.29 is 33.4 Å². The molecule has 2 saturated heterocycles. The average Bonchev–Trinajstić information content (AvgIpc) is 3.00. The Morgan fingerprint density at radius 3 is 2.67 bits per heavy atom. The third-order valence-corrected chi connectivity index (χ3v) is 4.18. The van der Waals surface area contributed by atoms with Crippen LogP contribution in [0.25, 0.3) is 0 Å². The fourth-order valence-corrected chi connectivity index (χ4v) is 3.02. The molecule has 24 heavy (non-hydrogen) atoms.